The van der Waals surface area contributed by atoms with Gasteiger partial charge in [0.25, 0.3) is 0 Å². The molecule has 4 rings (SSSR count). The van der Waals surface area contributed by atoms with Gasteiger partial charge in [-0.25, -0.2) is 0 Å². The topological polar surface area (TPSA) is 59.0 Å². The number of hydrogen-bond acceptors (Lipinski definition) is 4. The number of morpholine rings is 1. The molecular formula is C28H28ClNO4. The van der Waals surface area contributed by atoms with Crippen molar-refractivity contribution in [1.29, 1.82) is 0 Å². The first-order chi connectivity index (χ1) is 16.5. The molecule has 1 N–H and O–H groups in total. The number of benzene rings is 3. The summed E-state index contributed by atoms with van der Waals surface area (Å²) < 4.78 is 11.9. The zero-order valence-corrected chi connectivity index (χ0v) is 19.7. The molecular weight excluding hydrogens is 450 g/mol. The predicted octanol–water partition coefficient (Wildman–Crippen LogP) is 5.46. The van der Waals surface area contributed by atoms with Gasteiger partial charge in [-0.15, -0.1) is 0 Å². The molecule has 3 aromatic rings. The van der Waals surface area contributed by atoms with Crippen molar-refractivity contribution in [3.63, 3.8) is 0 Å². The highest BCUT2D eigenvalue weighted by molar-refractivity contribution is 6.30. The number of carboxylic acids is 1. The Kier molecular flexibility index (Phi) is 8.36. The Morgan fingerprint density at radius 3 is 2.71 bits per heavy atom. The average molecular weight is 478 g/mol. The summed E-state index contributed by atoms with van der Waals surface area (Å²) in [4.78, 5) is 13.5. The van der Waals surface area contributed by atoms with E-state index in [4.69, 9.17) is 26.2 Å². The second kappa shape index (κ2) is 11.8. The molecule has 1 heterocycles. The molecule has 1 unspecified atom stereocenters. The first-order valence-electron chi connectivity index (χ1n) is 11.3. The first-order valence-corrected chi connectivity index (χ1v) is 11.7. The van der Waals surface area contributed by atoms with Crippen LogP contribution in [0.2, 0.25) is 5.02 Å². The number of carbonyl (C=O) groups is 1. The summed E-state index contributed by atoms with van der Waals surface area (Å²) in [5.74, 6) is -0.324. The van der Waals surface area contributed by atoms with Gasteiger partial charge in [0, 0.05) is 30.2 Å². The molecule has 1 atom stereocenters. The lowest BCUT2D eigenvalue weighted by Crippen LogP contribution is -2.41. The van der Waals surface area contributed by atoms with Crippen molar-refractivity contribution >= 4 is 23.6 Å². The van der Waals surface area contributed by atoms with Gasteiger partial charge in [-0.05, 0) is 41.0 Å². The second-order valence-corrected chi connectivity index (χ2v) is 8.79. The normalized spacial score (nSPS) is 16.6. The zero-order valence-electron chi connectivity index (χ0n) is 18.9. The molecule has 3 aromatic carbocycles. The molecule has 0 radical (unpaired) electrons. The first kappa shape index (κ1) is 24.0. The van der Waals surface area contributed by atoms with E-state index in [1.54, 1.807) is 12.1 Å². The molecule has 176 valence electrons. The Morgan fingerprint density at radius 1 is 1.09 bits per heavy atom. The maximum atomic E-state index is 11.1. The monoisotopic (exact) mass is 477 g/mol. The van der Waals surface area contributed by atoms with E-state index in [-0.39, 0.29) is 12.5 Å². The van der Waals surface area contributed by atoms with Crippen molar-refractivity contribution in [1.82, 2.24) is 4.90 Å². The van der Waals surface area contributed by atoms with Gasteiger partial charge in [-0.3, -0.25) is 9.69 Å². The molecule has 0 aromatic heterocycles. The summed E-state index contributed by atoms with van der Waals surface area (Å²) in [6, 6.07) is 23.4. The molecule has 1 aliphatic rings. The summed E-state index contributed by atoms with van der Waals surface area (Å²) >= 11 is 6.36. The summed E-state index contributed by atoms with van der Waals surface area (Å²) in [5.41, 5.74) is 3.82. The van der Waals surface area contributed by atoms with Crippen LogP contribution < -0.4 is 4.74 Å². The number of rotatable bonds is 9. The lowest BCUT2D eigenvalue weighted by atomic mass is 10.1. The molecule has 6 heteroatoms. The highest BCUT2D eigenvalue weighted by Gasteiger charge is 2.18. The van der Waals surface area contributed by atoms with E-state index in [1.165, 1.54) is 5.56 Å². The number of hydrogen-bond donors (Lipinski definition) is 1. The van der Waals surface area contributed by atoms with Crippen molar-refractivity contribution in [2.45, 2.75) is 25.7 Å². The lowest BCUT2D eigenvalue weighted by Gasteiger charge is -2.31. The molecule has 0 spiro atoms. The summed E-state index contributed by atoms with van der Waals surface area (Å²) in [7, 11) is 0. The number of aliphatic carboxylic acids is 1. The number of nitrogens with zero attached hydrogens (tertiary/aromatic N) is 1. The molecule has 34 heavy (non-hydrogen) atoms. The van der Waals surface area contributed by atoms with Crippen molar-refractivity contribution in [2.75, 3.05) is 19.7 Å². The lowest BCUT2D eigenvalue weighted by molar-refractivity contribution is -0.136. The smallest absolute Gasteiger partial charge is 0.307 e. The zero-order chi connectivity index (χ0) is 23.8. The standard InChI is InChI=1S/C28H28ClNO4/c29-25-15-22(10-11-26-19-30(12-13-33-26)18-21-6-2-1-3-7-21)14-23(16-25)20-34-27-9-5-4-8-24(27)17-28(31)32/h1-11,14-16,26H,12-13,17-20H2,(H,31,32). The van der Waals surface area contributed by atoms with Gasteiger partial charge in [0.05, 0.1) is 19.1 Å². The maximum Gasteiger partial charge on any atom is 0.307 e. The van der Waals surface area contributed by atoms with Gasteiger partial charge in [-0.1, -0.05) is 72.3 Å². The number of para-hydroxylation sites is 1. The van der Waals surface area contributed by atoms with E-state index in [0.29, 0.717) is 29.5 Å². The van der Waals surface area contributed by atoms with Crippen LogP contribution in [-0.2, 0) is 29.1 Å². The Hall–Kier alpha value is -3.12. The molecule has 0 bridgehead atoms. The van der Waals surface area contributed by atoms with E-state index in [2.05, 4.69) is 35.2 Å². The van der Waals surface area contributed by atoms with Gasteiger partial charge in [0.15, 0.2) is 0 Å². The fourth-order valence-electron chi connectivity index (χ4n) is 4.02. The quantitative estimate of drug-likeness (QED) is 0.443. The van der Waals surface area contributed by atoms with Crippen LogP contribution in [0.4, 0.5) is 0 Å². The Labute approximate surface area is 205 Å². The van der Waals surface area contributed by atoms with Gasteiger partial charge in [0.2, 0.25) is 0 Å². The summed E-state index contributed by atoms with van der Waals surface area (Å²) in [6.07, 6.45) is 4.04. The fourth-order valence-corrected chi connectivity index (χ4v) is 4.29. The van der Waals surface area contributed by atoms with Crippen LogP contribution in [0.25, 0.3) is 6.08 Å². The highest BCUT2D eigenvalue weighted by Crippen LogP contribution is 2.23. The van der Waals surface area contributed by atoms with Gasteiger partial charge in [0.1, 0.15) is 12.4 Å². The van der Waals surface area contributed by atoms with Gasteiger partial charge < -0.3 is 14.6 Å². The maximum absolute atomic E-state index is 11.1. The number of halogens is 1. The summed E-state index contributed by atoms with van der Waals surface area (Å²) in [5, 5.41) is 9.73. The minimum atomic E-state index is -0.890. The molecule has 1 fully saturated rings. The Bertz CT molecular complexity index is 1130. The number of carboxylic acid groups (broad SMARTS) is 1. The summed E-state index contributed by atoms with van der Waals surface area (Å²) in [6.45, 7) is 3.66. The van der Waals surface area contributed by atoms with Crippen LogP contribution >= 0.6 is 11.6 Å². The highest BCUT2D eigenvalue weighted by atomic mass is 35.5. The van der Waals surface area contributed by atoms with Crippen molar-refractivity contribution < 1.29 is 19.4 Å². The average Bonchev–Trinajstić information content (AvgIpc) is 2.82. The van der Waals surface area contributed by atoms with E-state index in [0.717, 1.165) is 30.8 Å². The minimum Gasteiger partial charge on any atom is -0.489 e. The SMILES string of the molecule is O=C(O)Cc1ccccc1OCc1cc(Cl)cc(C=CC2CN(Cc3ccccc3)CCO2)c1. The molecule has 0 amide bonds. The molecule has 5 nitrogen and oxygen atoms in total. The van der Waals surface area contributed by atoms with Gasteiger partial charge >= 0.3 is 5.97 Å². The van der Waals surface area contributed by atoms with Crippen LogP contribution in [-0.4, -0.2) is 41.8 Å². The van der Waals surface area contributed by atoms with E-state index in [1.807, 2.05) is 42.5 Å². The van der Waals surface area contributed by atoms with Crippen LogP contribution in [0.3, 0.4) is 0 Å². The van der Waals surface area contributed by atoms with Crippen LogP contribution in [0.15, 0.2) is 78.9 Å². The third-order valence-corrected chi connectivity index (χ3v) is 5.84. The Balaban J connectivity index is 1.38. The fraction of sp³-hybridized carbons (Fsp3) is 0.250. The molecule has 1 aliphatic heterocycles. The molecule has 0 aliphatic carbocycles. The van der Waals surface area contributed by atoms with Crippen molar-refractivity contribution in [3.05, 3.63) is 106 Å². The largest absolute Gasteiger partial charge is 0.489 e. The number of ether oxygens (including phenoxy) is 2. The van der Waals surface area contributed by atoms with Crippen molar-refractivity contribution in [3.8, 4) is 5.75 Å². The third kappa shape index (κ3) is 7.19. The molecule has 0 saturated carbocycles. The molecule has 1 saturated heterocycles. The van der Waals surface area contributed by atoms with Crippen molar-refractivity contribution in [2.24, 2.45) is 0 Å². The third-order valence-electron chi connectivity index (χ3n) is 5.62. The van der Waals surface area contributed by atoms with Crippen LogP contribution in [0.1, 0.15) is 22.3 Å². The predicted molar refractivity (Wildman–Crippen MR) is 134 cm³/mol. The van der Waals surface area contributed by atoms with Crippen LogP contribution in [0, 0.1) is 0 Å². The second-order valence-electron chi connectivity index (χ2n) is 8.35. The minimum absolute atomic E-state index is 0.0130. The van der Waals surface area contributed by atoms with E-state index < -0.39 is 5.97 Å². The van der Waals surface area contributed by atoms with E-state index in [9.17, 15) is 4.79 Å². The van der Waals surface area contributed by atoms with Crippen LogP contribution in [0.5, 0.6) is 5.75 Å². The van der Waals surface area contributed by atoms with Gasteiger partial charge in [-0.2, -0.15) is 0 Å². The van der Waals surface area contributed by atoms with E-state index >= 15 is 0 Å². The Morgan fingerprint density at radius 2 is 1.88 bits per heavy atom.